The Balaban J connectivity index is -0.00000000750. The first kappa shape index (κ1) is 37.4. The van der Waals surface area contributed by atoms with Crippen molar-refractivity contribution in [2.45, 2.75) is 19.8 Å². The summed E-state index contributed by atoms with van der Waals surface area (Å²) in [6, 6.07) is 0. The van der Waals surface area contributed by atoms with Crippen molar-refractivity contribution in [3.8, 4) is 0 Å². The summed E-state index contributed by atoms with van der Waals surface area (Å²) in [7, 11) is 0. The molecule has 6 N–H and O–H groups in total. The van der Waals surface area contributed by atoms with E-state index in [0.717, 1.165) is 6.42 Å². The second-order valence-corrected chi connectivity index (χ2v) is 0.854. The van der Waals surface area contributed by atoms with E-state index in [1.54, 1.807) is 0 Å². The Hall–Kier alpha value is 0.750. The van der Waals surface area contributed by atoms with Crippen molar-refractivity contribution in [2.75, 3.05) is 0 Å². The summed E-state index contributed by atoms with van der Waals surface area (Å²) in [5, 5.41) is 0. The molecule has 0 atom stereocenters. The second-order valence-electron chi connectivity index (χ2n) is 0.854. The van der Waals surface area contributed by atoms with Gasteiger partial charge in [-0.1, -0.05) is 13.3 Å². The number of unbranched alkanes of at least 4 members (excludes halogenated alkanes) is 1. The molecule has 0 aromatic heterocycles. The molecule has 0 aliphatic rings. The fourth-order valence-corrected chi connectivity index (χ4v) is 0. The molecule has 0 spiro atoms. The van der Waals surface area contributed by atoms with Crippen LogP contribution in [-0.4, -0.2) is 16.4 Å². The van der Waals surface area contributed by atoms with E-state index in [9.17, 15) is 0 Å². The van der Waals surface area contributed by atoms with Gasteiger partial charge in [0.15, 0.2) is 0 Å². The molecular weight excluding hydrogens is 275 g/mol. The zero-order valence-corrected chi connectivity index (χ0v) is 8.71. The average molecular weight is 290 g/mol. The summed E-state index contributed by atoms with van der Waals surface area (Å²) >= 11 is 0. The van der Waals surface area contributed by atoms with Crippen LogP contribution in [0.2, 0.25) is 0 Å². The van der Waals surface area contributed by atoms with Crippen LogP contribution in [-0.2, 0) is 25.8 Å². The van der Waals surface area contributed by atoms with Crippen LogP contribution in [0.1, 0.15) is 19.8 Å². The molecule has 0 rings (SSSR count). The van der Waals surface area contributed by atoms with Crippen molar-refractivity contribution in [1.82, 2.24) is 0 Å². The Kier molecular flexibility index (Phi) is 218. The molecule has 0 aliphatic carbocycles. The summed E-state index contributed by atoms with van der Waals surface area (Å²) < 4.78 is 0. The van der Waals surface area contributed by atoms with Gasteiger partial charge in [-0.15, -0.1) is 0 Å². The quantitative estimate of drug-likeness (QED) is 0.444. The van der Waals surface area contributed by atoms with Crippen LogP contribution < -0.4 is 0 Å². The minimum Gasteiger partial charge on any atom is -0.412 e. The third-order valence-electron chi connectivity index (χ3n) is 0.354. The van der Waals surface area contributed by atoms with Crippen molar-refractivity contribution in [1.29, 1.82) is 0 Å². The monoisotopic (exact) mass is 291 g/mol. The molecule has 54 valence electrons. The molecule has 0 saturated carbocycles. The van der Waals surface area contributed by atoms with Gasteiger partial charge in [-0.25, -0.2) is 0 Å². The van der Waals surface area contributed by atoms with E-state index in [1.165, 1.54) is 6.42 Å². The predicted octanol–water partition coefficient (Wildman–Crippen LogP) is -0.856. The van der Waals surface area contributed by atoms with Gasteiger partial charge in [-0.2, -0.15) is 6.42 Å². The standard InChI is InChI=1S/C4H9.Hf.3H2O/c1-3-4-2;;;;/h1,3-4H2,2H3;;3*1H2/q-1;;;;. The molecule has 0 aromatic carbocycles. The van der Waals surface area contributed by atoms with E-state index >= 15 is 0 Å². The minimum absolute atomic E-state index is 0. The van der Waals surface area contributed by atoms with Crippen molar-refractivity contribution >= 4 is 0 Å². The summed E-state index contributed by atoms with van der Waals surface area (Å²) in [6.07, 6.45) is 2.28. The van der Waals surface area contributed by atoms with E-state index in [-0.39, 0.29) is 42.3 Å². The average Bonchev–Trinajstić information content (AvgIpc) is 1.37. The van der Waals surface area contributed by atoms with Crippen LogP contribution >= 0.6 is 0 Å². The first-order chi connectivity index (χ1) is 1.91. The molecule has 0 aliphatic heterocycles. The minimum atomic E-state index is 0. The fraction of sp³-hybridized carbons (Fsp3) is 0.750. The van der Waals surface area contributed by atoms with Gasteiger partial charge in [-0.05, 0) is 0 Å². The van der Waals surface area contributed by atoms with Crippen LogP contribution in [0.25, 0.3) is 0 Å². The third kappa shape index (κ3) is 72.9. The molecule has 0 aromatic rings. The van der Waals surface area contributed by atoms with E-state index in [1.807, 2.05) is 0 Å². The van der Waals surface area contributed by atoms with Gasteiger partial charge in [0, 0.05) is 25.8 Å². The van der Waals surface area contributed by atoms with Gasteiger partial charge in [0.2, 0.25) is 0 Å². The Labute approximate surface area is 69.2 Å². The van der Waals surface area contributed by atoms with Gasteiger partial charge < -0.3 is 23.4 Å². The van der Waals surface area contributed by atoms with Crippen molar-refractivity contribution in [3.05, 3.63) is 6.92 Å². The van der Waals surface area contributed by atoms with Crippen LogP contribution in [0.3, 0.4) is 0 Å². The third-order valence-corrected chi connectivity index (χ3v) is 0.354. The van der Waals surface area contributed by atoms with Gasteiger partial charge >= 0.3 is 0 Å². The molecule has 0 saturated heterocycles. The maximum absolute atomic E-state index is 3.60. The molecule has 0 unspecified atom stereocenters. The molecule has 0 heterocycles. The van der Waals surface area contributed by atoms with Gasteiger partial charge in [0.25, 0.3) is 0 Å². The van der Waals surface area contributed by atoms with E-state index in [4.69, 9.17) is 0 Å². The molecule has 0 bridgehead atoms. The maximum atomic E-state index is 3.60. The maximum Gasteiger partial charge on any atom is 0 e. The van der Waals surface area contributed by atoms with Crippen molar-refractivity contribution in [3.63, 3.8) is 0 Å². The molecule has 0 radical (unpaired) electrons. The smallest absolute Gasteiger partial charge is 0 e. The zero-order chi connectivity index (χ0) is 3.41. The zero-order valence-electron chi connectivity index (χ0n) is 5.12. The fourth-order valence-electron chi connectivity index (χ4n) is 0. The normalized spacial score (nSPS) is 3.75. The first-order valence-corrected chi connectivity index (χ1v) is 1.71. The Morgan fingerprint density at radius 3 is 1.25 bits per heavy atom. The largest absolute Gasteiger partial charge is 0.412 e. The number of hydrogen-bond acceptors (Lipinski definition) is 0. The molecule has 0 fully saturated rings. The number of rotatable bonds is 1. The Morgan fingerprint density at radius 1 is 1.12 bits per heavy atom. The van der Waals surface area contributed by atoms with Crippen LogP contribution in [0.15, 0.2) is 0 Å². The van der Waals surface area contributed by atoms with Gasteiger partial charge in [-0.3, -0.25) is 0 Å². The first-order valence-electron chi connectivity index (χ1n) is 1.71. The van der Waals surface area contributed by atoms with E-state index in [2.05, 4.69) is 13.8 Å². The molecule has 8 heavy (non-hydrogen) atoms. The molecular formula is C4H15HfO3-. The molecule has 3 nitrogen and oxygen atoms in total. The van der Waals surface area contributed by atoms with Gasteiger partial charge in [0.1, 0.15) is 0 Å². The SMILES string of the molecule is O.O.O.[CH2-]CCC.[Hf]. The van der Waals surface area contributed by atoms with Crippen molar-refractivity contribution < 1.29 is 42.3 Å². The summed E-state index contributed by atoms with van der Waals surface area (Å²) in [4.78, 5) is 0. The second kappa shape index (κ2) is 46.7. The topological polar surface area (TPSA) is 94.5 Å². The molecule has 0 amide bonds. The predicted molar refractivity (Wildman–Crippen MR) is 31.1 cm³/mol. The molecule has 4 heteroatoms. The van der Waals surface area contributed by atoms with Gasteiger partial charge in [0.05, 0.1) is 0 Å². The summed E-state index contributed by atoms with van der Waals surface area (Å²) in [5.74, 6) is 0. The summed E-state index contributed by atoms with van der Waals surface area (Å²) in [5.41, 5.74) is 0. The number of hydrogen-bond donors (Lipinski definition) is 0. The van der Waals surface area contributed by atoms with E-state index in [0.29, 0.717) is 0 Å². The van der Waals surface area contributed by atoms with E-state index < -0.39 is 0 Å². The van der Waals surface area contributed by atoms with Crippen LogP contribution in [0, 0.1) is 6.92 Å². The van der Waals surface area contributed by atoms with Crippen molar-refractivity contribution in [2.24, 2.45) is 0 Å². The Morgan fingerprint density at radius 2 is 1.25 bits per heavy atom. The van der Waals surface area contributed by atoms with Crippen LogP contribution in [0.5, 0.6) is 0 Å². The summed E-state index contributed by atoms with van der Waals surface area (Å²) in [6.45, 7) is 5.72. The van der Waals surface area contributed by atoms with Crippen LogP contribution in [0.4, 0.5) is 0 Å². The Bertz CT molecular complexity index is 13.2.